The van der Waals surface area contributed by atoms with Crippen molar-refractivity contribution < 1.29 is 17.6 Å². The number of sulfone groups is 1. The highest BCUT2D eigenvalue weighted by molar-refractivity contribution is 7.94. The van der Waals surface area contributed by atoms with Crippen LogP contribution in [0.5, 0.6) is 0 Å². The number of carbonyl (C=O) groups is 1. The molecule has 25 heavy (non-hydrogen) atoms. The summed E-state index contributed by atoms with van der Waals surface area (Å²) in [5.74, 6) is -1.68. The van der Waals surface area contributed by atoms with Gasteiger partial charge in [-0.2, -0.15) is 0 Å². The zero-order chi connectivity index (χ0) is 18.2. The lowest BCUT2D eigenvalue weighted by molar-refractivity contribution is 0.0979. The van der Waals surface area contributed by atoms with Gasteiger partial charge in [0.15, 0.2) is 9.84 Å². The van der Waals surface area contributed by atoms with Crippen LogP contribution in [-0.4, -0.2) is 26.1 Å². The summed E-state index contributed by atoms with van der Waals surface area (Å²) in [5, 5.41) is 1.06. The maximum atomic E-state index is 14.2. The fourth-order valence-electron chi connectivity index (χ4n) is 2.71. The van der Waals surface area contributed by atoms with Crippen molar-refractivity contribution in [1.82, 2.24) is 0 Å². The van der Waals surface area contributed by atoms with Crippen molar-refractivity contribution >= 4 is 33.0 Å². The summed E-state index contributed by atoms with van der Waals surface area (Å²) >= 11 is 6.02. The van der Waals surface area contributed by atoms with Gasteiger partial charge in [-0.25, -0.2) is 12.8 Å². The average molecular weight is 380 g/mol. The number of anilines is 1. The summed E-state index contributed by atoms with van der Waals surface area (Å²) in [4.78, 5) is 14.3. The summed E-state index contributed by atoms with van der Waals surface area (Å²) in [7, 11) is -3.39. The molecule has 1 heterocycles. The van der Waals surface area contributed by atoms with E-state index in [-0.39, 0.29) is 16.3 Å². The van der Waals surface area contributed by atoms with Gasteiger partial charge in [0.1, 0.15) is 5.82 Å². The van der Waals surface area contributed by atoms with Gasteiger partial charge in [-0.05, 0) is 37.3 Å². The van der Waals surface area contributed by atoms with Gasteiger partial charge in [-0.1, -0.05) is 35.4 Å². The van der Waals surface area contributed by atoms with E-state index in [9.17, 15) is 17.6 Å². The Kier molecular flexibility index (Phi) is 4.67. The molecule has 0 radical (unpaired) electrons. The van der Waals surface area contributed by atoms with Gasteiger partial charge >= 0.3 is 0 Å². The molecule has 2 aromatic carbocycles. The van der Waals surface area contributed by atoms with Crippen molar-refractivity contribution in [3.63, 3.8) is 0 Å². The van der Waals surface area contributed by atoms with Crippen LogP contribution in [0.3, 0.4) is 0 Å². The lowest BCUT2D eigenvalue weighted by Gasteiger charge is -2.28. The SMILES string of the molecule is Cc1ccc(N(C(=O)c2c(F)cccc2Cl)[C@H]2C=CS(=O)(=O)C2)cc1. The monoisotopic (exact) mass is 379 g/mol. The molecule has 0 spiro atoms. The second-order valence-electron chi connectivity index (χ2n) is 5.83. The maximum absolute atomic E-state index is 14.2. The zero-order valence-corrected chi connectivity index (χ0v) is 14.9. The molecule has 0 bridgehead atoms. The molecule has 1 atom stereocenters. The average Bonchev–Trinajstić information content (AvgIpc) is 2.89. The molecule has 130 valence electrons. The number of rotatable bonds is 3. The fraction of sp³-hybridized carbons (Fsp3) is 0.167. The largest absolute Gasteiger partial charge is 0.300 e. The summed E-state index contributed by atoms with van der Waals surface area (Å²) in [6.45, 7) is 1.89. The first-order chi connectivity index (χ1) is 11.8. The van der Waals surface area contributed by atoms with Crippen LogP contribution in [0.25, 0.3) is 0 Å². The van der Waals surface area contributed by atoms with E-state index in [4.69, 9.17) is 11.6 Å². The van der Waals surface area contributed by atoms with E-state index < -0.39 is 27.6 Å². The Labute approximate surface area is 150 Å². The minimum Gasteiger partial charge on any atom is -0.300 e. The Hall–Kier alpha value is -2.18. The van der Waals surface area contributed by atoms with Crippen molar-refractivity contribution in [3.8, 4) is 0 Å². The van der Waals surface area contributed by atoms with E-state index in [0.29, 0.717) is 5.69 Å². The van der Waals surface area contributed by atoms with Gasteiger partial charge in [0.2, 0.25) is 0 Å². The third-order valence-electron chi connectivity index (χ3n) is 3.95. The Balaban J connectivity index is 2.10. The molecular formula is C18H15ClFNO3S. The molecule has 0 saturated heterocycles. The molecule has 0 unspecified atom stereocenters. The molecule has 3 rings (SSSR count). The first kappa shape index (κ1) is 17.6. The lowest BCUT2D eigenvalue weighted by atomic mass is 10.1. The Morgan fingerprint density at radius 3 is 2.44 bits per heavy atom. The molecule has 4 nitrogen and oxygen atoms in total. The topological polar surface area (TPSA) is 54.5 Å². The third-order valence-corrected chi connectivity index (χ3v) is 5.64. The minimum absolute atomic E-state index is 0.0213. The second kappa shape index (κ2) is 6.61. The van der Waals surface area contributed by atoms with Gasteiger partial charge in [-0.3, -0.25) is 4.79 Å². The molecule has 1 amide bonds. The summed E-state index contributed by atoms with van der Waals surface area (Å²) in [6.07, 6.45) is 1.43. The van der Waals surface area contributed by atoms with Crippen molar-refractivity contribution in [2.45, 2.75) is 13.0 Å². The van der Waals surface area contributed by atoms with Crippen molar-refractivity contribution in [1.29, 1.82) is 0 Å². The summed E-state index contributed by atoms with van der Waals surface area (Å²) in [5.41, 5.74) is 1.18. The highest BCUT2D eigenvalue weighted by Crippen LogP contribution is 2.28. The number of amides is 1. The smallest absolute Gasteiger partial charge is 0.263 e. The minimum atomic E-state index is -3.39. The molecule has 0 N–H and O–H groups in total. The van der Waals surface area contributed by atoms with Crippen LogP contribution < -0.4 is 4.90 Å². The van der Waals surface area contributed by atoms with E-state index in [1.54, 1.807) is 24.3 Å². The molecular weight excluding hydrogens is 365 g/mol. The van der Waals surface area contributed by atoms with E-state index in [0.717, 1.165) is 17.0 Å². The van der Waals surface area contributed by atoms with Gasteiger partial charge in [-0.15, -0.1) is 0 Å². The highest BCUT2D eigenvalue weighted by Gasteiger charge is 2.33. The van der Waals surface area contributed by atoms with Crippen molar-refractivity contribution in [2.24, 2.45) is 0 Å². The predicted molar refractivity (Wildman–Crippen MR) is 96.1 cm³/mol. The van der Waals surface area contributed by atoms with Gasteiger partial charge in [0.05, 0.1) is 22.4 Å². The van der Waals surface area contributed by atoms with E-state index >= 15 is 0 Å². The quantitative estimate of drug-likeness (QED) is 0.816. The zero-order valence-electron chi connectivity index (χ0n) is 13.3. The number of halogens is 2. The Morgan fingerprint density at radius 2 is 1.88 bits per heavy atom. The Morgan fingerprint density at radius 1 is 1.20 bits per heavy atom. The predicted octanol–water partition coefficient (Wildman–Crippen LogP) is 3.75. The number of benzene rings is 2. The van der Waals surface area contributed by atoms with Crippen LogP contribution >= 0.6 is 11.6 Å². The van der Waals surface area contributed by atoms with Crippen molar-refractivity contribution in [3.05, 3.63) is 75.9 Å². The van der Waals surface area contributed by atoms with Crippen LogP contribution in [0.1, 0.15) is 15.9 Å². The third kappa shape index (κ3) is 3.60. The number of carbonyl (C=O) groups excluding carboxylic acids is 1. The molecule has 0 aliphatic carbocycles. The fourth-order valence-corrected chi connectivity index (χ4v) is 4.22. The van der Waals surface area contributed by atoms with Crippen LogP contribution in [-0.2, 0) is 9.84 Å². The van der Waals surface area contributed by atoms with Crippen LogP contribution in [0.4, 0.5) is 10.1 Å². The van der Waals surface area contributed by atoms with Gasteiger partial charge in [0, 0.05) is 11.1 Å². The standard InChI is InChI=1S/C18H15ClFNO3S/c1-12-5-7-13(8-6-12)21(14-9-10-25(23,24)11-14)18(22)17-15(19)3-2-4-16(17)20/h2-10,14H,11H2,1H3/t14-/m0/s1. The summed E-state index contributed by atoms with van der Waals surface area (Å²) in [6, 6.07) is 10.2. The molecule has 2 aromatic rings. The molecule has 0 fully saturated rings. The molecule has 1 aliphatic heterocycles. The molecule has 0 aromatic heterocycles. The number of aryl methyl sites for hydroxylation is 1. The van der Waals surface area contributed by atoms with Crippen LogP contribution in [0.15, 0.2) is 53.9 Å². The van der Waals surface area contributed by atoms with Gasteiger partial charge < -0.3 is 4.90 Å². The summed E-state index contributed by atoms with van der Waals surface area (Å²) < 4.78 is 37.8. The highest BCUT2D eigenvalue weighted by atomic mass is 35.5. The lowest BCUT2D eigenvalue weighted by Crippen LogP contribution is -2.41. The van der Waals surface area contributed by atoms with E-state index in [1.807, 2.05) is 6.92 Å². The van der Waals surface area contributed by atoms with E-state index in [2.05, 4.69) is 0 Å². The number of hydrogen-bond donors (Lipinski definition) is 0. The number of nitrogens with zero attached hydrogens (tertiary/aromatic N) is 1. The van der Waals surface area contributed by atoms with Gasteiger partial charge in [0.25, 0.3) is 5.91 Å². The van der Waals surface area contributed by atoms with E-state index in [1.165, 1.54) is 23.1 Å². The Bertz CT molecular complexity index is 935. The first-order valence-corrected chi connectivity index (χ1v) is 9.63. The molecule has 0 saturated carbocycles. The normalized spacial score (nSPS) is 18.3. The van der Waals surface area contributed by atoms with Crippen molar-refractivity contribution in [2.75, 3.05) is 10.7 Å². The maximum Gasteiger partial charge on any atom is 0.263 e. The van der Waals surface area contributed by atoms with Crippen LogP contribution in [0, 0.1) is 12.7 Å². The molecule has 7 heteroatoms. The first-order valence-electron chi connectivity index (χ1n) is 7.54. The molecule has 1 aliphatic rings. The van der Waals surface area contributed by atoms with Crippen LogP contribution in [0.2, 0.25) is 5.02 Å². The second-order valence-corrected chi connectivity index (χ2v) is 8.17. The number of hydrogen-bond acceptors (Lipinski definition) is 3.